The summed E-state index contributed by atoms with van der Waals surface area (Å²) in [7, 11) is -2.51. The molecule has 1 amide bonds. The monoisotopic (exact) mass is 380 g/mol. The molecule has 1 aliphatic heterocycles. The molecule has 1 aromatic carbocycles. The zero-order chi connectivity index (χ0) is 18.0. The van der Waals surface area contributed by atoms with Gasteiger partial charge in [0.15, 0.2) is 0 Å². The fourth-order valence-corrected chi connectivity index (χ4v) is 4.47. The number of hydrogen-bond donors (Lipinski definition) is 0. The minimum Gasteiger partial charge on any atom is -0.339 e. The molecule has 0 spiro atoms. The Balaban J connectivity index is 1.78. The van der Waals surface area contributed by atoms with Crippen LogP contribution in [0.2, 0.25) is 0 Å². The van der Waals surface area contributed by atoms with Crippen LogP contribution >= 0.6 is 11.3 Å². The number of benzene rings is 1. The molecule has 0 aliphatic carbocycles. The SMILES string of the molecule is COS(=O)(=O)C(C)c1csc(-c2ccc(C(=O)N3CCCC3)cc2)n1. The molecule has 1 aromatic heterocycles. The van der Waals surface area contributed by atoms with Crippen LogP contribution in [-0.2, 0) is 14.3 Å². The highest BCUT2D eigenvalue weighted by Crippen LogP contribution is 2.30. The molecule has 1 aliphatic rings. The van der Waals surface area contributed by atoms with Gasteiger partial charge in [-0.05, 0) is 31.9 Å². The van der Waals surface area contributed by atoms with Gasteiger partial charge in [-0.25, -0.2) is 4.98 Å². The van der Waals surface area contributed by atoms with Gasteiger partial charge in [0, 0.05) is 29.6 Å². The van der Waals surface area contributed by atoms with Crippen molar-refractivity contribution in [1.29, 1.82) is 0 Å². The zero-order valence-corrected chi connectivity index (χ0v) is 15.8. The Bertz CT molecular complexity index is 853. The summed E-state index contributed by atoms with van der Waals surface area (Å²) >= 11 is 1.37. The standard InChI is InChI=1S/C17H20N2O4S2/c1-12(25(21,22)23-2)15-11-24-16(18-15)13-5-7-14(8-6-13)17(20)19-9-3-4-10-19/h5-8,11-12H,3-4,9-10H2,1-2H3. The Morgan fingerprint density at radius 1 is 1.24 bits per heavy atom. The zero-order valence-electron chi connectivity index (χ0n) is 14.1. The molecule has 0 bridgehead atoms. The van der Waals surface area contributed by atoms with Crippen molar-refractivity contribution in [3.8, 4) is 10.6 Å². The van der Waals surface area contributed by atoms with E-state index in [1.165, 1.54) is 11.3 Å². The van der Waals surface area contributed by atoms with Gasteiger partial charge >= 0.3 is 0 Å². The van der Waals surface area contributed by atoms with Gasteiger partial charge in [-0.15, -0.1) is 11.3 Å². The number of nitrogens with zero attached hydrogens (tertiary/aromatic N) is 2. The molecule has 1 unspecified atom stereocenters. The highest BCUT2D eigenvalue weighted by atomic mass is 32.2. The molecular weight excluding hydrogens is 360 g/mol. The lowest BCUT2D eigenvalue weighted by Gasteiger charge is -2.15. The quantitative estimate of drug-likeness (QED) is 0.745. The van der Waals surface area contributed by atoms with Gasteiger partial charge in [-0.3, -0.25) is 8.98 Å². The first-order valence-electron chi connectivity index (χ1n) is 8.07. The van der Waals surface area contributed by atoms with Gasteiger partial charge in [0.2, 0.25) is 0 Å². The molecule has 1 fully saturated rings. The van der Waals surface area contributed by atoms with E-state index in [9.17, 15) is 13.2 Å². The van der Waals surface area contributed by atoms with Crippen molar-refractivity contribution in [3.63, 3.8) is 0 Å². The van der Waals surface area contributed by atoms with E-state index in [-0.39, 0.29) is 5.91 Å². The first-order chi connectivity index (χ1) is 11.9. The number of amides is 1. The second kappa shape index (κ2) is 7.23. The van der Waals surface area contributed by atoms with Crippen LogP contribution in [0.1, 0.15) is 41.1 Å². The van der Waals surface area contributed by atoms with Crippen LogP contribution in [0.25, 0.3) is 10.6 Å². The second-order valence-electron chi connectivity index (χ2n) is 5.96. The average Bonchev–Trinajstić information content (AvgIpc) is 3.32. The molecule has 3 rings (SSSR count). The number of thiazole rings is 1. The summed E-state index contributed by atoms with van der Waals surface area (Å²) in [6, 6.07) is 7.29. The molecule has 6 nitrogen and oxygen atoms in total. The molecule has 1 saturated heterocycles. The van der Waals surface area contributed by atoms with Crippen molar-refractivity contribution < 1.29 is 17.4 Å². The summed E-state index contributed by atoms with van der Waals surface area (Å²) < 4.78 is 28.1. The first-order valence-corrected chi connectivity index (χ1v) is 10.4. The summed E-state index contributed by atoms with van der Waals surface area (Å²) in [5.41, 5.74) is 1.98. The van der Waals surface area contributed by atoms with Crippen molar-refractivity contribution in [1.82, 2.24) is 9.88 Å². The minimum absolute atomic E-state index is 0.0590. The third kappa shape index (κ3) is 3.75. The number of hydrogen-bond acceptors (Lipinski definition) is 6. The van der Waals surface area contributed by atoms with Crippen LogP contribution in [-0.4, -0.2) is 44.4 Å². The van der Waals surface area contributed by atoms with Crippen molar-refractivity contribution in [2.24, 2.45) is 0 Å². The number of likely N-dealkylation sites (tertiary alicyclic amines) is 1. The topological polar surface area (TPSA) is 76.6 Å². The third-order valence-corrected chi connectivity index (χ3v) is 6.86. The van der Waals surface area contributed by atoms with Crippen LogP contribution < -0.4 is 0 Å². The summed E-state index contributed by atoms with van der Waals surface area (Å²) in [6.07, 6.45) is 2.13. The molecule has 0 N–H and O–H groups in total. The normalized spacial score (nSPS) is 16.2. The number of rotatable bonds is 5. The van der Waals surface area contributed by atoms with E-state index in [0.29, 0.717) is 16.3 Å². The molecule has 0 saturated carbocycles. The molecule has 2 aromatic rings. The Hall–Kier alpha value is -1.77. The third-order valence-electron chi connectivity index (χ3n) is 4.38. The summed E-state index contributed by atoms with van der Waals surface area (Å²) in [5, 5.41) is 1.62. The highest BCUT2D eigenvalue weighted by molar-refractivity contribution is 7.86. The molecule has 1 atom stereocenters. The first kappa shape index (κ1) is 18.0. The largest absolute Gasteiger partial charge is 0.339 e. The lowest BCUT2D eigenvalue weighted by atomic mass is 10.1. The fourth-order valence-electron chi connectivity index (χ4n) is 2.76. The lowest BCUT2D eigenvalue weighted by molar-refractivity contribution is 0.0793. The smallest absolute Gasteiger partial charge is 0.275 e. The molecule has 25 heavy (non-hydrogen) atoms. The van der Waals surface area contributed by atoms with Crippen LogP contribution in [0.5, 0.6) is 0 Å². The Labute approximate surface area is 151 Å². The maximum atomic E-state index is 12.4. The number of carbonyl (C=O) groups excluding carboxylic acids is 1. The van der Waals surface area contributed by atoms with E-state index in [2.05, 4.69) is 9.17 Å². The van der Waals surface area contributed by atoms with Crippen LogP contribution in [0.3, 0.4) is 0 Å². The van der Waals surface area contributed by atoms with Gasteiger partial charge in [-0.2, -0.15) is 8.42 Å². The summed E-state index contributed by atoms with van der Waals surface area (Å²) in [6.45, 7) is 3.19. The average molecular weight is 380 g/mol. The second-order valence-corrected chi connectivity index (χ2v) is 8.84. The van der Waals surface area contributed by atoms with Gasteiger partial charge in [0.25, 0.3) is 16.0 Å². The van der Waals surface area contributed by atoms with Crippen LogP contribution in [0, 0.1) is 0 Å². The predicted molar refractivity (Wildman–Crippen MR) is 97.0 cm³/mol. The Morgan fingerprint density at radius 2 is 1.88 bits per heavy atom. The maximum Gasteiger partial charge on any atom is 0.275 e. The highest BCUT2D eigenvalue weighted by Gasteiger charge is 2.25. The molecular formula is C17H20N2O4S2. The predicted octanol–water partition coefficient (Wildman–Crippen LogP) is 3.08. The Kier molecular flexibility index (Phi) is 5.21. The number of aromatic nitrogens is 1. The number of carbonyl (C=O) groups is 1. The van der Waals surface area contributed by atoms with Gasteiger partial charge in [0.1, 0.15) is 10.3 Å². The molecule has 134 valence electrons. The summed E-state index contributed by atoms with van der Waals surface area (Å²) in [4.78, 5) is 18.6. The van der Waals surface area contributed by atoms with E-state index < -0.39 is 15.4 Å². The summed E-state index contributed by atoms with van der Waals surface area (Å²) in [5.74, 6) is 0.0590. The van der Waals surface area contributed by atoms with Crippen molar-refractivity contribution >= 4 is 27.4 Å². The molecule has 8 heteroatoms. The van der Waals surface area contributed by atoms with E-state index in [0.717, 1.165) is 38.6 Å². The lowest BCUT2D eigenvalue weighted by Crippen LogP contribution is -2.27. The van der Waals surface area contributed by atoms with E-state index in [1.54, 1.807) is 24.4 Å². The van der Waals surface area contributed by atoms with Crippen molar-refractivity contribution in [2.75, 3.05) is 20.2 Å². The minimum atomic E-state index is -3.65. The maximum absolute atomic E-state index is 12.4. The van der Waals surface area contributed by atoms with Crippen molar-refractivity contribution in [3.05, 3.63) is 40.9 Å². The van der Waals surface area contributed by atoms with Gasteiger partial charge in [0.05, 0.1) is 12.8 Å². The van der Waals surface area contributed by atoms with E-state index in [4.69, 9.17) is 0 Å². The van der Waals surface area contributed by atoms with Crippen LogP contribution in [0.15, 0.2) is 29.6 Å². The fraction of sp³-hybridized carbons (Fsp3) is 0.412. The molecule has 0 radical (unpaired) electrons. The van der Waals surface area contributed by atoms with Gasteiger partial charge in [-0.1, -0.05) is 12.1 Å². The van der Waals surface area contributed by atoms with E-state index in [1.807, 2.05) is 17.0 Å². The molecule has 2 heterocycles. The van der Waals surface area contributed by atoms with Crippen LogP contribution in [0.4, 0.5) is 0 Å². The van der Waals surface area contributed by atoms with Crippen molar-refractivity contribution in [2.45, 2.75) is 25.0 Å². The van der Waals surface area contributed by atoms with Gasteiger partial charge < -0.3 is 4.90 Å². The van der Waals surface area contributed by atoms with E-state index >= 15 is 0 Å². The Morgan fingerprint density at radius 3 is 2.48 bits per heavy atom.